The van der Waals surface area contributed by atoms with Crippen LogP contribution in [0.5, 0.6) is 0 Å². The molecule has 0 saturated carbocycles. The van der Waals surface area contributed by atoms with Crippen LogP contribution < -0.4 is 11.1 Å². The molecule has 0 atom stereocenters. The summed E-state index contributed by atoms with van der Waals surface area (Å²) in [6.45, 7) is 2.68. The molecule has 0 aliphatic carbocycles. The van der Waals surface area contributed by atoms with Crippen molar-refractivity contribution in [3.63, 3.8) is 0 Å². The van der Waals surface area contributed by atoms with Crippen molar-refractivity contribution in [2.45, 2.75) is 19.8 Å². The smallest absolute Gasteiger partial charge is 0.226 e. The second kappa shape index (κ2) is 5.17. The molecular formula is C6H12N2OS. The predicted octanol–water partition coefficient (Wildman–Crippen LogP) is 0.189. The van der Waals surface area contributed by atoms with Gasteiger partial charge in [0, 0.05) is 6.54 Å². The van der Waals surface area contributed by atoms with Crippen molar-refractivity contribution in [1.29, 1.82) is 0 Å². The van der Waals surface area contributed by atoms with E-state index in [1.54, 1.807) is 0 Å². The fourth-order valence-electron chi connectivity index (χ4n) is 0.485. The molecule has 0 saturated heterocycles. The van der Waals surface area contributed by atoms with Gasteiger partial charge in [0.2, 0.25) is 5.91 Å². The molecule has 0 fully saturated rings. The van der Waals surface area contributed by atoms with Crippen LogP contribution in [0.1, 0.15) is 19.8 Å². The number of nitrogens with two attached hydrogens (primary N) is 1. The minimum absolute atomic E-state index is 0.0886. The highest BCUT2D eigenvalue weighted by atomic mass is 32.1. The third-order valence-electron chi connectivity index (χ3n) is 0.907. The molecule has 1 amide bonds. The van der Waals surface area contributed by atoms with Gasteiger partial charge in [-0.05, 0) is 6.42 Å². The predicted molar refractivity (Wildman–Crippen MR) is 44.7 cm³/mol. The summed E-state index contributed by atoms with van der Waals surface area (Å²) < 4.78 is 0. The van der Waals surface area contributed by atoms with Crippen LogP contribution in [0.4, 0.5) is 0 Å². The maximum Gasteiger partial charge on any atom is 0.226 e. The van der Waals surface area contributed by atoms with Gasteiger partial charge in [-0.25, -0.2) is 0 Å². The van der Waals surface area contributed by atoms with Crippen LogP contribution in [0.2, 0.25) is 0 Å². The Bertz CT molecular complexity index is 136. The Morgan fingerprint density at radius 3 is 2.70 bits per heavy atom. The molecule has 3 nitrogen and oxygen atoms in total. The number of hydrogen-bond donors (Lipinski definition) is 2. The Kier molecular flexibility index (Phi) is 4.84. The Labute approximate surface area is 66.0 Å². The highest BCUT2D eigenvalue weighted by molar-refractivity contribution is 7.80. The number of amides is 1. The van der Waals surface area contributed by atoms with Crippen molar-refractivity contribution in [2.75, 3.05) is 6.54 Å². The lowest BCUT2D eigenvalue weighted by molar-refractivity contribution is -0.119. The SMILES string of the molecule is CCCNC(=O)CC(N)=S. The lowest BCUT2D eigenvalue weighted by Crippen LogP contribution is -2.28. The Morgan fingerprint density at radius 2 is 2.30 bits per heavy atom. The van der Waals surface area contributed by atoms with E-state index in [0.29, 0.717) is 6.54 Å². The molecule has 0 aliphatic rings. The van der Waals surface area contributed by atoms with Gasteiger partial charge in [0.05, 0.1) is 11.4 Å². The van der Waals surface area contributed by atoms with Crippen molar-refractivity contribution in [1.82, 2.24) is 5.32 Å². The number of thiocarbonyl (C=S) groups is 1. The number of hydrogen-bond acceptors (Lipinski definition) is 2. The lowest BCUT2D eigenvalue weighted by Gasteiger charge is -2.00. The fourth-order valence-corrected chi connectivity index (χ4v) is 0.616. The maximum absolute atomic E-state index is 10.7. The average Bonchev–Trinajstić information content (AvgIpc) is 1.82. The van der Waals surface area contributed by atoms with Crippen LogP contribution in [0.15, 0.2) is 0 Å². The second-order valence-electron chi connectivity index (χ2n) is 1.99. The molecule has 0 aromatic heterocycles. The summed E-state index contributed by atoms with van der Waals surface area (Å²) in [5.41, 5.74) is 5.14. The van der Waals surface area contributed by atoms with E-state index in [-0.39, 0.29) is 17.3 Å². The zero-order chi connectivity index (χ0) is 7.98. The number of nitrogens with one attached hydrogen (secondary N) is 1. The summed E-state index contributed by atoms with van der Waals surface area (Å²) >= 11 is 4.54. The van der Waals surface area contributed by atoms with E-state index in [4.69, 9.17) is 5.73 Å². The van der Waals surface area contributed by atoms with E-state index in [0.717, 1.165) is 6.42 Å². The first kappa shape index (κ1) is 9.36. The van der Waals surface area contributed by atoms with Gasteiger partial charge in [-0.3, -0.25) is 4.79 Å². The molecule has 0 aromatic rings. The van der Waals surface area contributed by atoms with Crippen LogP contribution in [-0.4, -0.2) is 17.4 Å². The third kappa shape index (κ3) is 5.50. The number of carbonyl (C=O) groups is 1. The van der Waals surface area contributed by atoms with Gasteiger partial charge in [0.15, 0.2) is 0 Å². The lowest BCUT2D eigenvalue weighted by atomic mass is 10.4. The van der Waals surface area contributed by atoms with Crippen molar-refractivity contribution < 1.29 is 4.79 Å². The number of rotatable bonds is 4. The van der Waals surface area contributed by atoms with Crippen molar-refractivity contribution >= 4 is 23.1 Å². The zero-order valence-electron chi connectivity index (χ0n) is 6.02. The van der Waals surface area contributed by atoms with Gasteiger partial charge < -0.3 is 11.1 Å². The van der Waals surface area contributed by atoms with Crippen molar-refractivity contribution in [2.24, 2.45) is 5.73 Å². The summed E-state index contributed by atoms with van der Waals surface area (Å²) in [7, 11) is 0. The first-order valence-electron chi connectivity index (χ1n) is 3.21. The topological polar surface area (TPSA) is 55.1 Å². The first-order valence-corrected chi connectivity index (χ1v) is 3.62. The molecule has 0 heterocycles. The monoisotopic (exact) mass is 160 g/mol. The molecule has 3 N–H and O–H groups in total. The van der Waals surface area contributed by atoms with E-state index in [9.17, 15) is 4.79 Å². The standard InChI is InChI=1S/C6H12N2OS/c1-2-3-8-6(9)4-5(7)10/h2-4H2,1H3,(H2,7,10)(H,8,9). The summed E-state index contributed by atoms with van der Waals surface area (Å²) in [5, 5.41) is 2.66. The molecule has 0 spiro atoms. The number of carbonyl (C=O) groups excluding carboxylic acids is 1. The summed E-state index contributed by atoms with van der Waals surface area (Å²) in [6.07, 6.45) is 1.10. The van der Waals surface area contributed by atoms with Crippen molar-refractivity contribution in [3.05, 3.63) is 0 Å². The fraction of sp³-hybridized carbons (Fsp3) is 0.667. The molecule has 10 heavy (non-hydrogen) atoms. The average molecular weight is 160 g/mol. The van der Waals surface area contributed by atoms with E-state index >= 15 is 0 Å². The molecule has 0 unspecified atom stereocenters. The van der Waals surface area contributed by atoms with Gasteiger partial charge in [0.25, 0.3) is 0 Å². The quantitative estimate of drug-likeness (QED) is 0.577. The summed E-state index contributed by atoms with van der Waals surface area (Å²) in [6, 6.07) is 0. The van der Waals surface area contributed by atoms with E-state index < -0.39 is 0 Å². The maximum atomic E-state index is 10.7. The molecular weight excluding hydrogens is 148 g/mol. The van der Waals surface area contributed by atoms with E-state index in [1.165, 1.54) is 0 Å². The molecule has 0 aromatic carbocycles. The Morgan fingerprint density at radius 1 is 1.70 bits per heavy atom. The zero-order valence-corrected chi connectivity index (χ0v) is 6.83. The van der Waals surface area contributed by atoms with Gasteiger partial charge in [-0.2, -0.15) is 0 Å². The van der Waals surface area contributed by atoms with Crippen LogP contribution in [0, 0.1) is 0 Å². The van der Waals surface area contributed by atoms with Crippen LogP contribution in [0.25, 0.3) is 0 Å². The summed E-state index contributed by atoms with van der Waals surface area (Å²) in [5.74, 6) is -0.0886. The largest absolute Gasteiger partial charge is 0.393 e. The van der Waals surface area contributed by atoms with Gasteiger partial charge in [-0.15, -0.1) is 0 Å². The third-order valence-corrected chi connectivity index (χ3v) is 1.05. The first-order chi connectivity index (χ1) is 4.66. The van der Waals surface area contributed by atoms with E-state index in [2.05, 4.69) is 17.5 Å². The van der Waals surface area contributed by atoms with Crippen molar-refractivity contribution in [3.8, 4) is 0 Å². The summed E-state index contributed by atoms with van der Waals surface area (Å²) in [4.78, 5) is 11.0. The molecule has 0 rings (SSSR count). The van der Waals surface area contributed by atoms with Crippen LogP contribution >= 0.6 is 12.2 Å². The Balaban J connectivity index is 3.35. The Hall–Kier alpha value is -0.640. The van der Waals surface area contributed by atoms with Gasteiger partial charge >= 0.3 is 0 Å². The molecule has 0 bridgehead atoms. The van der Waals surface area contributed by atoms with Crippen LogP contribution in [0.3, 0.4) is 0 Å². The normalized spacial score (nSPS) is 8.90. The molecule has 58 valence electrons. The van der Waals surface area contributed by atoms with Crippen LogP contribution in [-0.2, 0) is 4.79 Å². The van der Waals surface area contributed by atoms with E-state index in [1.807, 2.05) is 6.92 Å². The molecule has 0 aliphatic heterocycles. The second-order valence-corrected chi connectivity index (χ2v) is 2.52. The highest BCUT2D eigenvalue weighted by Gasteiger charge is 1.99. The van der Waals surface area contributed by atoms with Gasteiger partial charge in [-0.1, -0.05) is 19.1 Å². The minimum atomic E-state index is -0.0886. The van der Waals surface area contributed by atoms with Gasteiger partial charge in [0.1, 0.15) is 0 Å². The highest BCUT2D eigenvalue weighted by Crippen LogP contribution is 1.80. The minimum Gasteiger partial charge on any atom is -0.393 e. The molecule has 4 heteroatoms. The molecule has 0 radical (unpaired) electrons.